The van der Waals surface area contributed by atoms with Crippen molar-refractivity contribution in [2.45, 2.75) is 32.1 Å². The lowest BCUT2D eigenvalue weighted by molar-refractivity contribution is 0.535. The molecule has 0 spiro atoms. The maximum Gasteiger partial charge on any atom is 0.0446 e. The van der Waals surface area contributed by atoms with Crippen molar-refractivity contribution in [3.63, 3.8) is 0 Å². The molecule has 0 radical (unpaired) electrons. The maximum absolute atomic E-state index is 6.03. The second-order valence-corrected chi connectivity index (χ2v) is 12.0. The molecule has 0 fully saturated rings. The third-order valence-corrected chi connectivity index (χ3v) is 4.84. The average Bonchev–Trinajstić information content (AvgIpc) is 2.15. The summed E-state index contributed by atoms with van der Waals surface area (Å²) in [5.41, 5.74) is 1.36. The minimum atomic E-state index is -0.998. The third kappa shape index (κ3) is 6.25. The molecule has 0 aliphatic carbocycles. The van der Waals surface area contributed by atoms with Crippen molar-refractivity contribution in [1.29, 1.82) is 0 Å². The summed E-state index contributed by atoms with van der Waals surface area (Å²) in [6, 6.07) is 9.62. The summed E-state index contributed by atoms with van der Waals surface area (Å²) in [6.07, 6.45) is 1.13. The van der Waals surface area contributed by atoms with Gasteiger partial charge in [0.05, 0.1) is 0 Å². The quantitative estimate of drug-likeness (QED) is 0.768. The van der Waals surface area contributed by atoms with Crippen molar-refractivity contribution in [2.24, 2.45) is 5.92 Å². The van der Waals surface area contributed by atoms with Crippen LogP contribution < -0.4 is 5.32 Å². The van der Waals surface area contributed by atoms with E-state index in [0.29, 0.717) is 0 Å². The molecule has 0 saturated carbocycles. The molecule has 1 aromatic rings. The van der Waals surface area contributed by atoms with Crippen molar-refractivity contribution in [3.05, 3.63) is 34.9 Å². The summed E-state index contributed by atoms with van der Waals surface area (Å²) in [5.74, 6) is 0.727. The summed E-state index contributed by atoms with van der Waals surface area (Å²) in [4.78, 5) is 0. The Balaban J connectivity index is 2.66. The van der Waals surface area contributed by atoms with Crippen LogP contribution in [0.4, 0.5) is 0 Å². The van der Waals surface area contributed by atoms with Crippen LogP contribution in [0.15, 0.2) is 24.3 Å². The normalized spacial score (nSPS) is 13.7. The van der Waals surface area contributed by atoms with Crippen molar-refractivity contribution >= 4 is 19.7 Å². The standard InChI is InChI=1S/C14H24ClNSi/c1-16-10-13(11-17(2,3)4)8-12-6-5-7-14(15)9-12/h5-7,9,13,16H,8,10-11H2,1-4H3. The lowest BCUT2D eigenvalue weighted by Gasteiger charge is -2.24. The van der Waals surface area contributed by atoms with Crippen molar-refractivity contribution < 1.29 is 0 Å². The minimum Gasteiger partial charge on any atom is -0.319 e. The van der Waals surface area contributed by atoms with E-state index in [9.17, 15) is 0 Å². The van der Waals surface area contributed by atoms with E-state index in [4.69, 9.17) is 11.6 Å². The number of hydrogen-bond donors (Lipinski definition) is 1. The highest BCUT2D eigenvalue weighted by atomic mass is 35.5. The van der Waals surface area contributed by atoms with Gasteiger partial charge in [-0.3, -0.25) is 0 Å². The van der Waals surface area contributed by atoms with Crippen LogP contribution in [0.2, 0.25) is 30.7 Å². The smallest absolute Gasteiger partial charge is 0.0446 e. The fourth-order valence-corrected chi connectivity index (χ4v) is 4.60. The Morgan fingerprint density at radius 2 is 2.00 bits per heavy atom. The lowest BCUT2D eigenvalue weighted by Crippen LogP contribution is -2.30. The number of rotatable bonds is 6. The summed E-state index contributed by atoms with van der Waals surface area (Å²) >= 11 is 6.03. The molecule has 1 aromatic carbocycles. The molecule has 17 heavy (non-hydrogen) atoms. The minimum absolute atomic E-state index is 0.727. The Kier molecular flexibility index (Phi) is 5.70. The molecule has 1 unspecified atom stereocenters. The fraction of sp³-hybridized carbons (Fsp3) is 0.571. The van der Waals surface area contributed by atoms with Crippen LogP contribution >= 0.6 is 11.6 Å². The topological polar surface area (TPSA) is 12.0 Å². The molecule has 1 N–H and O–H groups in total. The second-order valence-electron chi connectivity index (χ2n) is 6.02. The molecule has 0 aliphatic rings. The third-order valence-electron chi connectivity index (χ3n) is 2.81. The SMILES string of the molecule is CNCC(Cc1cccc(Cl)c1)C[Si](C)(C)C. The Bertz CT molecular complexity index is 346. The molecule has 96 valence electrons. The van der Waals surface area contributed by atoms with E-state index in [2.05, 4.69) is 37.1 Å². The number of hydrogen-bond acceptors (Lipinski definition) is 1. The molecule has 0 saturated heterocycles. The summed E-state index contributed by atoms with van der Waals surface area (Å²) in [6.45, 7) is 8.41. The summed E-state index contributed by atoms with van der Waals surface area (Å²) in [5, 5.41) is 4.16. The van der Waals surface area contributed by atoms with E-state index in [1.807, 2.05) is 19.2 Å². The summed E-state index contributed by atoms with van der Waals surface area (Å²) in [7, 11) is 1.04. The van der Waals surface area contributed by atoms with Gasteiger partial charge in [0.1, 0.15) is 0 Å². The van der Waals surface area contributed by atoms with Crippen molar-refractivity contribution in [1.82, 2.24) is 5.32 Å². The van der Waals surface area contributed by atoms with E-state index >= 15 is 0 Å². The molecular weight excluding hydrogens is 246 g/mol. The number of benzene rings is 1. The van der Waals surface area contributed by atoms with Gasteiger partial charge in [-0.25, -0.2) is 0 Å². The van der Waals surface area contributed by atoms with E-state index in [1.165, 1.54) is 11.6 Å². The molecule has 1 nitrogen and oxygen atoms in total. The molecule has 0 bridgehead atoms. The Hall–Kier alpha value is -0.313. The first-order valence-corrected chi connectivity index (χ1v) is 10.4. The van der Waals surface area contributed by atoms with E-state index in [0.717, 1.165) is 23.9 Å². The zero-order valence-corrected chi connectivity index (χ0v) is 13.1. The van der Waals surface area contributed by atoms with Crippen LogP contribution in [-0.2, 0) is 6.42 Å². The van der Waals surface area contributed by atoms with Gasteiger partial charge in [0.2, 0.25) is 0 Å². The molecule has 0 heterocycles. The molecule has 3 heteroatoms. The number of nitrogens with one attached hydrogen (secondary N) is 1. The van der Waals surface area contributed by atoms with Gasteiger partial charge < -0.3 is 5.32 Å². The first-order chi connectivity index (χ1) is 7.90. The maximum atomic E-state index is 6.03. The zero-order chi connectivity index (χ0) is 12.9. The Morgan fingerprint density at radius 1 is 1.29 bits per heavy atom. The second kappa shape index (κ2) is 6.57. The van der Waals surface area contributed by atoms with Crippen molar-refractivity contribution in [2.75, 3.05) is 13.6 Å². The van der Waals surface area contributed by atoms with E-state index in [1.54, 1.807) is 0 Å². The predicted molar refractivity (Wildman–Crippen MR) is 80.7 cm³/mol. The van der Waals surface area contributed by atoms with Crippen LogP contribution in [0, 0.1) is 5.92 Å². The Labute approximate surface area is 112 Å². The van der Waals surface area contributed by atoms with Gasteiger partial charge in [-0.2, -0.15) is 0 Å². The van der Waals surface area contributed by atoms with Crippen LogP contribution in [0.1, 0.15) is 5.56 Å². The predicted octanol–water partition coefficient (Wildman–Crippen LogP) is 4.06. The van der Waals surface area contributed by atoms with Gasteiger partial charge in [0.25, 0.3) is 0 Å². The highest BCUT2D eigenvalue weighted by molar-refractivity contribution is 6.76. The highest BCUT2D eigenvalue weighted by Crippen LogP contribution is 2.21. The van der Waals surface area contributed by atoms with E-state index < -0.39 is 8.07 Å². The van der Waals surface area contributed by atoms with Crippen LogP contribution in [0.3, 0.4) is 0 Å². The van der Waals surface area contributed by atoms with Gasteiger partial charge in [-0.05, 0) is 43.6 Å². The largest absolute Gasteiger partial charge is 0.319 e. The molecule has 0 aliphatic heterocycles. The Morgan fingerprint density at radius 3 is 2.53 bits per heavy atom. The first kappa shape index (κ1) is 14.7. The molecule has 0 amide bonds. The zero-order valence-electron chi connectivity index (χ0n) is 11.4. The monoisotopic (exact) mass is 269 g/mol. The molecule has 1 rings (SSSR count). The lowest BCUT2D eigenvalue weighted by atomic mass is 10.0. The molecule has 0 aromatic heterocycles. The van der Waals surface area contributed by atoms with Gasteiger partial charge in [-0.1, -0.05) is 49.4 Å². The highest BCUT2D eigenvalue weighted by Gasteiger charge is 2.20. The van der Waals surface area contributed by atoms with Gasteiger partial charge >= 0.3 is 0 Å². The average molecular weight is 270 g/mol. The van der Waals surface area contributed by atoms with Gasteiger partial charge in [-0.15, -0.1) is 0 Å². The number of halogens is 1. The first-order valence-electron chi connectivity index (χ1n) is 6.30. The summed E-state index contributed by atoms with van der Waals surface area (Å²) < 4.78 is 0. The fourth-order valence-electron chi connectivity index (χ4n) is 2.37. The van der Waals surface area contributed by atoms with Gasteiger partial charge in [0.15, 0.2) is 0 Å². The molecule has 1 atom stereocenters. The van der Waals surface area contributed by atoms with Gasteiger partial charge in [0, 0.05) is 13.1 Å². The van der Waals surface area contributed by atoms with Crippen LogP contribution in [0.5, 0.6) is 0 Å². The van der Waals surface area contributed by atoms with Crippen LogP contribution in [-0.4, -0.2) is 21.7 Å². The van der Waals surface area contributed by atoms with Crippen LogP contribution in [0.25, 0.3) is 0 Å². The molecular formula is C14H24ClNSi. The van der Waals surface area contributed by atoms with Crippen molar-refractivity contribution in [3.8, 4) is 0 Å². The van der Waals surface area contributed by atoms with E-state index in [-0.39, 0.29) is 0 Å².